The summed E-state index contributed by atoms with van der Waals surface area (Å²) in [6.07, 6.45) is 1.79. The lowest BCUT2D eigenvalue weighted by Crippen LogP contribution is -2.66. The Hall–Kier alpha value is -0.900. The molecule has 1 aromatic heterocycles. The molecule has 6 nitrogen and oxygen atoms in total. The van der Waals surface area contributed by atoms with Crippen LogP contribution in [0.4, 0.5) is 0 Å². The molecule has 1 saturated heterocycles. The molecule has 1 N–H and O–H groups in total. The molecule has 1 aliphatic heterocycles. The van der Waals surface area contributed by atoms with Crippen molar-refractivity contribution in [2.75, 3.05) is 19.6 Å². The molecule has 1 amide bonds. The van der Waals surface area contributed by atoms with E-state index in [2.05, 4.69) is 47.9 Å². The molecule has 0 bridgehead atoms. The van der Waals surface area contributed by atoms with Crippen molar-refractivity contribution >= 4 is 47.2 Å². The Morgan fingerprint density at radius 2 is 2.21 bits per heavy atom. The lowest BCUT2D eigenvalue weighted by molar-refractivity contribution is -0.145. The highest BCUT2D eigenvalue weighted by molar-refractivity contribution is 14.0. The molecule has 1 fully saturated rings. The summed E-state index contributed by atoms with van der Waals surface area (Å²) >= 11 is 1.59. The fourth-order valence-electron chi connectivity index (χ4n) is 3.21. The Labute approximate surface area is 165 Å². The van der Waals surface area contributed by atoms with Crippen molar-refractivity contribution in [2.45, 2.75) is 52.7 Å². The minimum absolute atomic E-state index is 0. The van der Waals surface area contributed by atoms with E-state index >= 15 is 0 Å². The van der Waals surface area contributed by atoms with E-state index in [9.17, 15) is 4.79 Å². The van der Waals surface area contributed by atoms with Crippen LogP contribution in [0, 0.1) is 0 Å². The second kappa shape index (κ2) is 8.98. The Balaban J connectivity index is 0.00000288. The van der Waals surface area contributed by atoms with Gasteiger partial charge in [0.15, 0.2) is 5.96 Å². The van der Waals surface area contributed by atoms with Gasteiger partial charge >= 0.3 is 0 Å². The monoisotopic (exact) mass is 465 g/mol. The number of aromatic nitrogens is 1. The summed E-state index contributed by atoms with van der Waals surface area (Å²) in [5.41, 5.74) is -0.221. The number of carbonyl (C=O) groups excluding carboxylic acids is 1. The molecule has 0 spiro atoms. The average Bonchev–Trinajstić information content (AvgIpc) is 2.94. The van der Waals surface area contributed by atoms with Gasteiger partial charge in [-0.2, -0.15) is 0 Å². The number of guanidine groups is 1. The third-order valence-corrected chi connectivity index (χ3v) is 4.59. The van der Waals surface area contributed by atoms with Gasteiger partial charge in [-0.3, -0.25) is 4.79 Å². The van der Waals surface area contributed by atoms with E-state index in [-0.39, 0.29) is 41.5 Å². The maximum absolute atomic E-state index is 12.6. The second-order valence-corrected chi connectivity index (χ2v) is 7.60. The second-order valence-electron chi connectivity index (χ2n) is 6.62. The fourth-order valence-corrected chi connectivity index (χ4v) is 3.75. The first kappa shape index (κ1) is 21.1. The lowest BCUT2D eigenvalue weighted by atomic mass is 9.96. The minimum Gasteiger partial charge on any atom is -0.356 e. The number of hydrogen-bond donors (Lipinski definition) is 1. The Morgan fingerprint density at radius 3 is 2.71 bits per heavy atom. The number of rotatable bonds is 4. The highest BCUT2D eigenvalue weighted by Gasteiger charge is 2.40. The third kappa shape index (κ3) is 5.05. The highest BCUT2D eigenvalue weighted by atomic mass is 127. The standard InChI is InChI=1S/C16H27N5OS.HI/c1-6-17-15(19-9-13-18-7-8-23-13)20-10-14(22)21(12(2)3)16(4,5)11-20;/h7-8,12H,6,9-11H2,1-5H3,(H,17,19);1H. The first-order valence-electron chi connectivity index (χ1n) is 8.09. The quantitative estimate of drug-likeness (QED) is 0.422. The first-order chi connectivity index (χ1) is 10.8. The fraction of sp³-hybridized carbons (Fsp3) is 0.688. The van der Waals surface area contributed by atoms with Gasteiger partial charge in [-0.15, -0.1) is 35.3 Å². The zero-order valence-corrected chi connectivity index (χ0v) is 18.2. The Morgan fingerprint density at radius 1 is 1.50 bits per heavy atom. The van der Waals surface area contributed by atoms with Crippen molar-refractivity contribution in [1.82, 2.24) is 20.1 Å². The highest BCUT2D eigenvalue weighted by Crippen LogP contribution is 2.24. The predicted octanol–water partition coefficient (Wildman–Crippen LogP) is 2.56. The first-order valence-corrected chi connectivity index (χ1v) is 8.97. The number of carbonyl (C=O) groups is 1. The van der Waals surface area contributed by atoms with Crippen LogP contribution in [-0.2, 0) is 11.3 Å². The third-order valence-electron chi connectivity index (χ3n) is 3.82. The number of nitrogens with one attached hydrogen (secondary N) is 1. The molecule has 1 aliphatic rings. The maximum Gasteiger partial charge on any atom is 0.242 e. The van der Waals surface area contributed by atoms with Crippen LogP contribution in [0.2, 0.25) is 0 Å². The van der Waals surface area contributed by atoms with Crippen molar-refractivity contribution in [1.29, 1.82) is 0 Å². The summed E-state index contributed by atoms with van der Waals surface area (Å²) in [6.45, 7) is 12.8. The van der Waals surface area contributed by atoms with E-state index in [0.717, 1.165) is 24.1 Å². The van der Waals surface area contributed by atoms with Gasteiger partial charge in [-0.1, -0.05) is 0 Å². The van der Waals surface area contributed by atoms with Crippen LogP contribution in [0.5, 0.6) is 0 Å². The summed E-state index contributed by atoms with van der Waals surface area (Å²) in [5.74, 6) is 0.934. The van der Waals surface area contributed by atoms with Crippen LogP contribution < -0.4 is 5.32 Å². The molecule has 24 heavy (non-hydrogen) atoms. The minimum atomic E-state index is -0.221. The molecule has 0 aliphatic carbocycles. The molecule has 0 atom stereocenters. The van der Waals surface area contributed by atoms with Gasteiger partial charge in [0.2, 0.25) is 5.91 Å². The van der Waals surface area contributed by atoms with Gasteiger partial charge in [0.05, 0.1) is 18.6 Å². The zero-order chi connectivity index (χ0) is 17.0. The molecule has 1 aromatic rings. The van der Waals surface area contributed by atoms with Gasteiger partial charge in [-0.25, -0.2) is 9.98 Å². The number of amides is 1. The van der Waals surface area contributed by atoms with Crippen LogP contribution in [0.3, 0.4) is 0 Å². The van der Waals surface area contributed by atoms with Crippen LogP contribution in [-0.4, -0.2) is 57.9 Å². The Kier molecular flexibility index (Phi) is 7.91. The lowest BCUT2D eigenvalue weighted by Gasteiger charge is -2.49. The number of halogens is 1. The number of aliphatic imine (C=N–C) groups is 1. The normalized spacial score (nSPS) is 17.9. The van der Waals surface area contributed by atoms with E-state index in [1.54, 1.807) is 17.5 Å². The van der Waals surface area contributed by atoms with Crippen molar-refractivity contribution in [3.63, 3.8) is 0 Å². The molecule has 0 aromatic carbocycles. The zero-order valence-electron chi connectivity index (χ0n) is 15.1. The summed E-state index contributed by atoms with van der Waals surface area (Å²) < 4.78 is 0. The molecule has 0 unspecified atom stereocenters. The van der Waals surface area contributed by atoms with Gasteiger partial charge in [-0.05, 0) is 34.6 Å². The molecule has 2 heterocycles. The topological polar surface area (TPSA) is 60.8 Å². The van der Waals surface area contributed by atoms with Gasteiger partial charge in [0.1, 0.15) is 5.01 Å². The number of hydrogen-bond acceptors (Lipinski definition) is 4. The van der Waals surface area contributed by atoms with Crippen molar-refractivity contribution < 1.29 is 4.79 Å². The van der Waals surface area contributed by atoms with E-state index in [1.807, 2.05) is 17.2 Å². The van der Waals surface area contributed by atoms with E-state index in [1.165, 1.54) is 0 Å². The summed E-state index contributed by atoms with van der Waals surface area (Å²) in [7, 11) is 0. The van der Waals surface area contributed by atoms with Gasteiger partial charge < -0.3 is 15.1 Å². The number of piperazine rings is 1. The smallest absolute Gasteiger partial charge is 0.242 e. The predicted molar refractivity (Wildman–Crippen MR) is 110 cm³/mol. The van der Waals surface area contributed by atoms with Crippen LogP contribution in [0.1, 0.15) is 39.6 Å². The van der Waals surface area contributed by atoms with Crippen LogP contribution >= 0.6 is 35.3 Å². The van der Waals surface area contributed by atoms with Crippen LogP contribution in [0.15, 0.2) is 16.6 Å². The molecule has 2 rings (SSSR count). The summed E-state index contributed by atoms with van der Waals surface area (Å²) in [5, 5.41) is 6.23. The molecule has 0 radical (unpaired) electrons. The molecular formula is C16H28IN5OS. The van der Waals surface area contributed by atoms with Gasteiger partial charge in [0, 0.05) is 30.7 Å². The average molecular weight is 465 g/mol. The largest absolute Gasteiger partial charge is 0.356 e. The molecule has 0 saturated carbocycles. The maximum atomic E-state index is 12.6. The SMILES string of the molecule is CCNC(=NCc1nccs1)N1CC(=O)N(C(C)C)C(C)(C)C1.I. The Bertz CT molecular complexity index is 559. The summed E-state index contributed by atoms with van der Waals surface area (Å²) in [4.78, 5) is 25.5. The van der Waals surface area contributed by atoms with Crippen molar-refractivity contribution in [3.05, 3.63) is 16.6 Å². The number of nitrogens with zero attached hydrogens (tertiary/aromatic N) is 4. The van der Waals surface area contributed by atoms with E-state index < -0.39 is 0 Å². The number of thiazole rings is 1. The van der Waals surface area contributed by atoms with Crippen molar-refractivity contribution in [3.8, 4) is 0 Å². The van der Waals surface area contributed by atoms with Gasteiger partial charge in [0.25, 0.3) is 0 Å². The molecular weight excluding hydrogens is 437 g/mol. The van der Waals surface area contributed by atoms with Crippen molar-refractivity contribution in [2.24, 2.45) is 4.99 Å². The van der Waals surface area contributed by atoms with E-state index in [4.69, 9.17) is 0 Å². The summed E-state index contributed by atoms with van der Waals surface area (Å²) in [6, 6.07) is 0.203. The molecule has 8 heteroatoms. The van der Waals surface area contributed by atoms with E-state index in [0.29, 0.717) is 13.1 Å². The molecule has 136 valence electrons. The van der Waals surface area contributed by atoms with Crippen LogP contribution in [0.25, 0.3) is 0 Å².